The van der Waals surface area contributed by atoms with Gasteiger partial charge in [0.15, 0.2) is 0 Å². The average molecular weight is 345 g/mol. The van der Waals surface area contributed by atoms with Gasteiger partial charge >= 0.3 is 0 Å². The maximum Gasteiger partial charge on any atom is 0.0646 e. The molecule has 4 rings (SSSR count). The van der Waals surface area contributed by atoms with Crippen LogP contribution in [0.15, 0.2) is 30.5 Å². The van der Waals surface area contributed by atoms with Gasteiger partial charge < -0.3 is 5.32 Å². The van der Waals surface area contributed by atoms with Crippen molar-refractivity contribution in [1.29, 1.82) is 0 Å². The van der Waals surface area contributed by atoms with E-state index in [1.165, 1.54) is 51.0 Å². The van der Waals surface area contributed by atoms with Crippen molar-refractivity contribution in [2.45, 2.75) is 32.7 Å². The Morgan fingerprint density at radius 2 is 1.92 bits per heavy atom. The third kappa shape index (κ3) is 3.23. The Hall–Kier alpha value is -1.36. The van der Waals surface area contributed by atoms with Crippen LogP contribution in [0.5, 0.6) is 0 Å². The van der Waals surface area contributed by atoms with Gasteiger partial charge in [-0.05, 0) is 75.5 Å². The summed E-state index contributed by atoms with van der Waals surface area (Å²) in [5, 5.41) is 8.94. The number of halogens is 1. The minimum Gasteiger partial charge on any atom is -0.317 e. The first-order chi connectivity index (χ1) is 11.6. The lowest BCUT2D eigenvalue weighted by Gasteiger charge is -2.33. The molecule has 4 nitrogen and oxygen atoms in total. The summed E-state index contributed by atoms with van der Waals surface area (Å²) >= 11 is 5.98. The van der Waals surface area contributed by atoms with Crippen molar-refractivity contribution < 1.29 is 0 Å². The molecule has 128 valence electrons. The van der Waals surface area contributed by atoms with E-state index < -0.39 is 0 Å². The molecule has 2 saturated heterocycles. The first-order valence-electron chi connectivity index (χ1n) is 8.88. The van der Waals surface area contributed by atoms with Crippen LogP contribution in [-0.2, 0) is 6.54 Å². The molecule has 0 amide bonds. The minimum absolute atomic E-state index is 0.561. The summed E-state index contributed by atoms with van der Waals surface area (Å²) in [7, 11) is 0. The number of rotatable bonds is 3. The molecule has 0 radical (unpaired) electrons. The van der Waals surface area contributed by atoms with E-state index in [2.05, 4.69) is 23.3 Å². The summed E-state index contributed by atoms with van der Waals surface area (Å²) in [4.78, 5) is 2.61. The van der Waals surface area contributed by atoms with E-state index in [4.69, 9.17) is 16.7 Å². The number of nitrogens with zero attached hydrogens (tertiary/aromatic N) is 3. The quantitative estimate of drug-likeness (QED) is 0.926. The van der Waals surface area contributed by atoms with Gasteiger partial charge in [0.2, 0.25) is 0 Å². The van der Waals surface area contributed by atoms with Crippen LogP contribution in [0.4, 0.5) is 0 Å². The summed E-state index contributed by atoms with van der Waals surface area (Å²) in [6.07, 6.45) is 6.17. The zero-order chi connectivity index (χ0) is 16.6. The van der Waals surface area contributed by atoms with E-state index >= 15 is 0 Å². The highest BCUT2D eigenvalue weighted by Gasteiger charge is 2.38. The molecule has 0 unspecified atom stereocenters. The van der Waals surface area contributed by atoms with Crippen molar-refractivity contribution in [3.8, 4) is 5.69 Å². The lowest BCUT2D eigenvalue weighted by molar-refractivity contribution is 0.194. The van der Waals surface area contributed by atoms with Crippen LogP contribution in [0.3, 0.4) is 0 Å². The molecule has 5 heteroatoms. The Bertz CT molecular complexity index is 701. The van der Waals surface area contributed by atoms with E-state index in [-0.39, 0.29) is 0 Å². The summed E-state index contributed by atoms with van der Waals surface area (Å²) < 4.78 is 1.97. The highest BCUT2D eigenvalue weighted by molar-refractivity contribution is 6.30. The van der Waals surface area contributed by atoms with Crippen LogP contribution in [0.1, 0.15) is 30.5 Å². The molecule has 2 aromatic rings. The first-order valence-corrected chi connectivity index (χ1v) is 9.26. The monoisotopic (exact) mass is 344 g/mol. The Labute approximate surface area is 148 Å². The van der Waals surface area contributed by atoms with Gasteiger partial charge in [-0.25, -0.2) is 4.68 Å². The third-order valence-corrected chi connectivity index (χ3v) is 5.92. The van der Waals surface area contributed by atoms with Gasteiger partial charge in [-0.3, -0.25) is 4.90 Å². The number of nitrogens with one attached hydrogen (secondary N) is 1. The second kappa shape index (κ2) is 6.51. The average Bonchev–Trinajstić information content (AvgIpc) is 3.14. The fraction of sp³-hybridized carbons (Fsp3) is 0.526. The van der Waals surface area contributed by atoms with Gasteiger partial charge in [0.25, 0.3) is 0 Å². The summed E-state index contributed by atoms with van der Waals surface area (Å²) in [6.45, 7) is 7.93. The SMILES string of the molecule is Cc1nn(-c2ccc(Cl)cc2)cc1CN1CCC2(CCNCC2)C1. The molecular formula is C19H25ClN4. The van der Waals surface area contributed by atoms with Crippen molar-refractivity contribution in [2.75, 3.05) is 26.2 Å². The molecule has 1 N–H and O–H groups in total. The van der Waals surface area contributed by atoms with Crippen LogP contribution in [0, 0.1) is 12.3 Å². The lowest BCUT2D eigenvalue weighted by atomic mass is 9.78. The fourth-order valence-corrected chi connectivity index (χ4v) is 4.27. The number of aryl methyl sites for hydroxylation is 1. The van der Waals surface area contributed by atoms with Crippen molar-refractivity contribution in [1.82, 2.24) is 20.0 Å². The second-order valence-corrected chi connectivity index (χ2v) is 7.81. The van der Waals surface area contributed by atoms with E-state index in [1.807, 2.05) is 28.9 Å². The lowest BCUT2D eigenvalue weighted by Crippen LogP contribution is -2.38. The van der Waals surface area contributed by atoms with Crippen LogP contribution < -0.4 is 5.32 Å². The Balaban J connectivity index is 1.46. The van der Waals surface area contributed by atoms with Crippen molar-refractivity contribution in [3.63, 3.8) is 0 Å². The number of benzene rings is 1. The molecule has 0 aliphatic carbocycles. The van der Waals surface area contributed by atoms with Crippen LogP contribution in [-0.4, -0.2) is 40.9 Å². The smallest absolute Gasteiger partial charge is 0.0646 e. The summed E-state index contributed by atoms with van der Waals surface area (Å²) in [5.74, 6) is 0. The largest absolute Gasteiger partial charge is 0.317 e. The Kier molecular flexibility index (Phi) is 4.37. The van der Waals surface area contributed by atoms with Crippen LogP contribution in [0.25, 0.3) is 5.69 Å². The Morgan fingerprint density at radius 3 is 2.67 bits per heavy atom. The van der Waals surface area contributed by atoms with Gasteiger partial charge in [0.1, 0.15) is 0 Å². The third-order valence-electron chi connectivity index (χ3n) is 5.67. The standard InChI is InChI=1S/C19H25ClN4/c1-15-16(13-24(22-15)18-4-2-17(20)3-5-18)12-23-11-8-19(14-23)6-9-21-10-7-19/h2-5,13,21H,6-12,14H2,1H3. The van der Waals surface area contributed by atoms with E-state index in [9.17, 15) is 0 Å². The number of piperidine rings is 1. The first kappa shape index (κ1) is 16.1. The maximum absolute atomic E-state index is 5.98. The predicted octanol–water partition coefficient (Wildman–Crippen LogP) is 3.41. The van der Waals surface area contributed by atoms with E-state index in [0.29, 0.717) is 5.41 Å². The molecule has 2 aliphatic heterocycles. The molecule has 1 aromatic carbocycles. The number of aromatic nitrogens is 2. The van der Waals surface area contributed by atoms with Gasteiger partial charge in [0, 0.05) is 29.9 Å². The molecule has 2 aliphatic rings. The zero-order valence-electron chi connectivity index (χ0n) is 14.3. The van der Waals surface area contributed by atoms with Gasteiger partial charge in [-0.15, -0.1) is 0 Å². The minimum atomic E-state index is 0.561. The van der Waals surface area contributed by atoms with E-state index in [0.717, 1.165) is 22.9 Å². The molecule has 0 bridgehead atoms. The van der Waals surface area contributed by atoms with E-state index in [1.54, 1.807) is 0 Å². The fourth-order valence-electron chi connectivity index (χ4n) is 4.15. The zero-order valence-corrected chi connectivity index (χ0v) is 15.0. The molecule has 0 atom stereocenters. The molecule has 1 aromatic heterocycles. The van der Waals surface area contributed by atoms with Crippen LogP contribution in [0.2, 0.25) is 5.02 Å². The molecule has 1 spiro atoms. The van der Waals surface area contributed by atoms with Gasteiger partial charge in [0.05, 0.1) is 11.4 Å². The highest BCUT2D eigenvalue weighted by atomic mass is 35.5. The predicted molar refractivity (Wildman–Crippen MR) is 97.7 cm³/mol. The van der Waals surface area contributed by atoms with Crippen molar-refractivity contribution >= 4 is 11.6 Å². The molecule has 0 saturated carbocycles. The highest BCUT2D eigenvalue weighted by Crippen LogP contribution is 2.39. The second-order valence-electron chi connectivity index (χ2n) is 7.37. The molecule has 2 fully saturated rings. The van der Waals surface area contributed by atoms with Crippen LogP contribution >= 0.6 is 11.6 Å². The number of hydrogen-bond acceptors (Lipinski definition) is 3. The van der Waals surface area contributed by atoms with Crippen molar-refractivity contribution in [3.05, 3.63) is 46.7 Å². The molecular weight excluding hydrogens is 320 g/mol. The topological polar surface area (TPSA) is 33.1 Å². The number of hydrogen-bond donors (Lipinski definition) is 1. The number of likely N-dealkylation sites (tertiary alicyclic amines) is 1. The Morgan fingerprint density at radius 1 is 1.17 bits per heavy atom. The summed E-state index contributed by atoms with van der Waals surface area (Å²) in [5.41, 5.74) is 4.07. The van der Waals surface area contributed by atoms with Crippen molar-refractivity contribution in [2.24, 2.45) is 5.41 Å². The maximum atomic E-state index is 5.98. The normalized spacial score (nSPS) is 20.8. The van der Waals surface area contributed by atoms with Gasteiger partial charge in [-0.2, -0.15) is 5.10 Å². The summed E-state index contributed by atoms with van der Waals surface area (Å²) in [6, 6.07) is 7.85. The molecule has 24 heavy (non-hydrogen) atoms. The molecule has 3 heterocycles. The van der Waals surface area contributed by atoms with Gasteiger partial charge in [-0.1, -0.05) is 11.6 Å².